The van der Waals surface area contributed by atoms with Crippen LogP contribution < -0.4 is 0 Å². The number of sulfone groups is 1. The highest BCUT2D eigenvalue weighted by Crippen LogP contribution is 2.15. The SMILES string of the molecule is COCC(O)CN(C)CCS(=O)(=O)c1ccc(Br)cc1. The van der Waals surface area contributed by atoms with Gasteiger partial charge in [0.2, 0.25) is 0 Å². The van der Waals surface area contributed by atoms with Crippen molar-refractivity contribution in [2.24, 2.45) is 0 Å². The molecule has 1 N–H and O–H groups in total. The third kappa shape index (κ3) is 5.88. The summed E-state index contributed by atoms with van der Waals surface area (Å²) in [6.45, 7) is 0.979. The summed E-state index contributed by atoms with van der Waals surface area (Å²) in [5.74, 6) is 0.0187. The molecule has 114 valence electrons. The van der Waals surface area contributed by atoms with E-state index in [9.17, 15) is 13.5 Å². The molecular formula is C13H20BrNO4S. The lowest BCUT2D eigenvalue weighted by molar-refractivity contribution is 0.0444. The number of benzene rings is 1. The lowest BCUT2D eigenvalue weighted by Crippen LogP contribution is -2.34. The zero-order chi connectivity index (χ0) is 15.2. The van der Waals surface area contributed by atoms with Gasteiger partial charge in [-0.3, -0.25) is 0 Å². The average Bonchev–Trinajstić information content (AvgIpc) is 2.37. The molecule has 0 aromatic heterocycles. The fraction of sp³-hybridized carbons (Fsp3) is 0.538. The third-order valence-electron chi connectivity index (χ3n) is 2.80. The first-order valence-electron chi connectivity index (χ1n) is 6.19. The first kappa shape index (κ1) is 17.6. The largest absolute Gasteiger partial charge is 0.389 e. The van der Waals surface area contributed by atoms with Crippen molar-refractivity contribution in [3.63, 3.8) is 0 Å². The highest BCUT2D eigenvalue weighted by atomic mass is 79.9. The summed E-state index contributed by atoms with van der Waals surface area (Å²) in [7, 11) is -0.00668. The van der Waals surface area contributed by atoms with Gasteiger partial charge in [-0.15, -0.1) is 0 Å². The zero-order valence-corrected chi connectivity index (χ0v) is 14.0. The topological polar surface area (TPSA) is 66.8 Å². The van der Waals surface area contributed by atoms with Crippen LogP contribution in [0.5, 0.6) is 0 Å². The molecule has 0 aliphatic rings. The Labute approximate surface area is 128 Å². The van der Waals surface area contributed by atoms with Crippen LogP contribution in [0.25, 0.3) is 0 Å². The molecule has 0 fully saturated rings. The van der Waals surface area contributed by atoms with Crippen LogP contribution in [0.2, 0.25) is 0 Å². The predicted molar refractivity (Wildman–Crippen MR) is 81.6 cm³/mol. The molecule has 0 heterocycles. The second-order valence-corrected chi connectivity index (χ2v) is 7.67. The first-order valence-corrected chi connectivity index (χ1v) is 8.63. The van der Waals surface area contributed by atoms with Gasteiger partial charge in [-0.05, 0) is 31.3 Å². The van der Waals surface area contributed by atoms with E-state index in [0.717, 1.165) is 4.47 Å². The molecule has 1 aromatic rings. The fourth-order valence-electron chi connectivity index (χ4n) is 1.73. The van der Waals surface area contributed by atoms with Crippen LogP contribution in [0.4, 0.5) is 0 Å². The van der Waals surface area contributed by atoms with Gasteiger partial charge in [-0.25, -0.2) is 8.42 Å². The van der Waals surface area contributed by atoms with E-state index in [4.69, 9.17) is 4.74 Å². The van der Waals surface area contributed by atoms with Crippen molar-refractivity contribution in [2.45, 2.75) is 11.0 Å². The average molecular weight is 366 g/mol. The molecule has 0 spiro atoms. The minimum Gasteiger partial charge on any atom is -0.389 e. The van der Waals surface area contributed by atoms with Crippen LogP contribution in [0.1, 0.15) is 0 Å². The molecule has 1 unspecified atom stereocenters. The van der Waals surface area contributed by atoms with Crippen molar-refractivity contribution in [1.82, 2.24) is 4.90 Å². The predicted octanol–water partition coefficient (Wildman–Crippen LogP) is 1.16. The van der Waals surface area contributed by atoms with Crippen molar-refractivity contribution in [1.29, 1.82) is 0 Å². The molecule has 0 amide bonds. The zero-order valence-electron chi connectivity index (χ0n) is 11.6. The van der Waals surface area contributed by atoms with Gasteiger partial charge in [-0.1, -0.05) is 15.9 Å². The second-order valence-electron chi connectivity index (χ2n) is 4.64. The monoisotopic (exact) mass is 365 g/mol. The number of rotatable bonds is 8. The summed E-state index contributed by atoms with van der Waals surface area (Å²) in [5, 5.41) is 9.58. The van der Waals surface area contributed by atoms with E-state index in [1.54, 1.807) is 36.2 Å². The molecule has 7 heteroatoms. The minimum atomic E-state index is -3.30. The van der Waals surface area contributed by atoms with E-state index in [-0.39, 0.29) is 12.4 Å². The molecule has 0 bridgehead atoms. The Balaban J connectivity index is 2.53. The highest BCUT2D eigenvalue weighted by Gasteiger charge is 2.16. The molecule has 0 aliphatic heterocycles. The van der Waals surface area contributed by atoms with E-state index < -0.39 is 15.9 Å². The lowest BCUT2D eigenvalue weighted by atomic mass is 10.3. The van der Waals surface area contributed by atoms with Crippen molar-refractivity contribution >= 4 is 25.8 Å². The highest BCUT2D eigenvalue weighted by molar-refractivity contribution is 9.10. The van der Waals surface area contributed by atoms with Gasteiger partial charge in [0, 0.05) is 24.7 Å². The molecule has 0 saturated carbocycles. The van der Waals surface area contributed by atoms with Crippen LogP contribution in [0.15, 0.2) is 33.6 Å². The van der Waals surface area contributed by atoms with Gasteiger partial charge < -0.3 is 14.7 Å². The first-order chi connectivity index (χ1) is 9.35. The Morgan fingerprint density at radius 1 is 1.35 bits per heavy atom. The fourth-order valence-corrected chi connectivity index (χ4v) is 3.33. The molecule has 0 radical (unpaired) electrons. The minimum absolute atomic E-state index is 0.0187. The second kappa shape index (κ2) is 8.09. The molecule has 1 atom stereocenters. The number of halogens is 1. The Hall–Kier alpha value is -0.470. The molecule has 0 saturated heterocycles. The van der Waals surface area contributed by atoms with Crippen LogP contribution >= 0.6 is 15.9 Å². The van der Waals surface area contributed by atoms with Crippen LogP contribution in [-0.2, 0) is 14.6 Å². The molecule has 0 aliphatic carbocycles. The molecule has 5 nitrogen and oxygen atoms in total. The molecular weight excluding hydrogens is 346 g/mol. The number of methoxy groups -OCH3 is 1. The summed E-state index contributed by atoms with van der Waals surface area (Å²) in [5.41, 5.74) is 0. The summed E-state index contributed by atoms with van der Waals surface area (Å²) >= 11 is 3.27. The van der Waals surface area contributed by atoms with Crippen LogP contribution in [0, 0.1) is 0 Å². The maximum atomic E-state index is 12.1. The standard InChI is InChI=1S/C13H20BrNO4S/c1-15(9-12(16)10-19-2)7-8-20(17,18)13-5-3-11(14)4-6-13/h3-6,12,16H,7-10H2,1-2H3. The van der Waals surface area contributed by atoms with Crippen molar-refractivity contribution in [3.05, 3.63) is 28.7 Å². The van der Waals surface area contributed by atoms with E-state index in [2.05, 4.69) is 15.9 Å². The van der Waals surface area contributed by atoms with Crippen molar-refractivity contribution in [2.75, 3.05) is 39.6 Å². The maximum Gasteiger partial charge on any atom is 0.179 e. The summed E-state index contributed by atoms with van der Waals surface area (Å²) in [6.07, 6.45) is -0.611. The van der Waals surface area contributed by atoms with E-state index in [0.29, 0.717) is 18.0 Å². The van der Waals surface area contributed by atoms with E-state index >= 15 is 0 Å². The van der Waals surface area contributed by atoms with Gasteiger partial charge in [0.15, 0.2) is 9.84 Å². The number of nitrogens with zero attached hydrogens (tertiary/aromatic N) is 1. The molecule has 20 heavy (non-hydrogen) atoms. The van der Waals surface area contributed by atoms with E-state index in [1.165, 1.54) is 7.11 Å². The Bertz CT molecular complexity index is 504. The Kier molecular flexibility index (Phi) is 7.11. The van der Waals surface area contributed by atoms with Gasteiger partial charge in [0.25, 0.3) is 0 Å². The number of hydrogen-bond donors (Lipinski definition) is 1. The van der Waals surface area contributed by atoms with Gasteiger partial charge >= 0.3 is 0 Å². The third-order valence-corrected chi connectivity index (χ3v) is 5.04. The number of ether oxygens (including phenoxy) is 1. The summed E-state index contributed by atoms with van der Waals surface area (Å²) in [6, 6.07) is 6.58. The van der Waals surface area contributed by atoms with Crippen molar-refractivity contribution < 1.29 is 18.3 Å². The number of hydrogen-bond acceptors (Lipinski definition) is 5. The lowest BCUT2D eigenvalue weighted by Gasteiger charge is -2.19. The van der Waals surface area contributed by atoms with Crippen LogP contribution in [0.3, 0.4) is 0 Å². The summed E-state index contributed by atoms with van der Waals surface area (Å²) < 4.78 is 29.9. The van der Waals surface area contributed by atoms with Gasteiger partial charge in [0.05, 0.1) is 23.4 Å². The normalized spacial score (nSPS) is 13.7. The quantitative estimate of drug-likeness (QED) is 0.748. The van der Waals surface area contributed by atoms with Gasteiger partial charge in [-0.2, -0.15) is 0 Å². The Morgan fingerprint density at radius 3 is 2.50 bits per heavy atom. The van der Waals surface area contributed by atoms with Gasteiger partial charge in [0.1, 0.15) is 0 Å². The number of aliphatic hydroxyl groups excluding tert-OH is 1. The van der Waals surface area contributed by atoms with Crippen molar-refractivity contribution in [3.8, 4) is 0 Å². The number of likely N-dealkylation sites (N-methyl/N-ethyl adjacent to an activating group) is 1. The van der Waals surface area contributed by atoms with E-state index in [1.807, 2.05) is 0 Å². The molecule has 1 rings (SSSR count). The Morgan fingerprint density at radius 2 is 1.95 bits per heavy atom. The molecule has 1 aromatic carbocycles. The maximum absolute atomic E-state index is 12.1. The van der Waals surface area contributed by atoms with Crippen LogP contribution in [-0.4, -0.2) is 64.1 Å². The number of aliphatic hydroxyl groups is 1. The smallest absolute Gasteiger partial charge is 0.179 e. The summed E-state index contributed by atoms with van der Waals surface area (Å²) in [4.78, 5) is 2.09.